The topological polar surface area (TPSA) is 107 Å². The monoisotopic (exact) mass is 306 g/mol. The molecule has 2 amide bonds. The molecule has 0 spiro atoms. The van der Waals surface area contributed by atoms with Crippen molar-refractivity contribution in [3.8, 4) is 0 Å². The molecule has 22 heavy (non-hydrogen) atoms. The average Bonchev–Trinajstić information content (AvgIpc) is 2.91. The third-order valence-corrected chi connectivity index (χ3v) is 3.25. The Bertz CT molecular complexity index is 628. The lowest BCUT2D eigenvalue weighted by Crippen LogP contribution is -2.35. The largest absolute Gasteiger partial charge is 0.455 e. The molecule has 1 aromatic carbocycles. The van der Waals surface area contributed by atoms with Crippen molar-refractivity contribution in [1.29, 1.82) is 0 Å². The van der Waals surface area contributed by atoms with E-state index in [0.29, 0.717) is 19.4 Å². The van der Waals surface area contributed by atoms with Crippen molar-refractivity contribution in [2.24, 2.45) is 0 Å². The van der Waals surface area contributed by atoms with E-state index in [1.807, 2.05) is 0 Å². The average molecular weight is 306 g/mol. The quantitative estimate of drug-likeness (QED) is 0.453. The lowest BCUT2D eigenvalue weighted by Gasteiger charge is -2.13. The maximum Gasteiger partial charge on any atom is 0.311 e. The number of carbonyl (C=O) groups is 3. The van der Waals surface area contributed by atoms with E-state index in [9.17, 15) is 24.5 Å². The molecule has 8 heteroatoms. The molecule has 8 nitrogen and oxygen atoms in total. The van der Waals surface area contributed by atoms with Crippen LogP contribution < -0.4 is 0 Å². The highest BCUT2D eigenvalue weighted by atomic mass is 16.6. The first kappa shape index (κ1) is 15.6. The number of carbonyl (C=O) groups excluding carboxylic acids is 3. The van der Waals surface area contributed by atoms with Gasteiger partial charge in [0, 0.05) is 24.6 Å². The van der Waals surface area contributed by atoms with Crippen LogP contribution in [0.4, 0.5) is 5.69 Å². The van der Waals surface area contributed by atoms with Gasteiger partial charge in [0.2, 0.25) is 5.91 Å². The third-order valence-electron chi connectivity index (χ3n) is 3.25. The van der Waals surface area contributed by atoms with Crippen molar-refractivity contribution in [1.82, 2.24) is 4.90 Å². The van der Waals surface area contributed by atoms with E-state index in [-0.39, 0.29) is 23.6 Å². The van der Waals surface area contributed by atoms with E-state index in [1.165, 1.54) is 18.2 Å². The van der Waals surface area contributed by atoms with Crippen molar-refractivity contribution < 1.29 is 24.0 Å². The van der Waals surface area contributed by atoms with Crippen LogP contribution in [0.25, 0.3) is 0 Å². The van der Waals surface area contributed by atoms with Crippen molar-refractivity contribution >= 4 is 23.5 Å². The van der Waals surface area contributed by atoms with Gasteiger partial charge in [0.1, 0.15) is 0 Å². The molecule has 116 valence electrons. The summed E-state index contributed by atoms with van der Waals surface area (Å²) in [4.78, 5) is 46.1. The van der Waals surface area contributed by atoms with Gasteiger partial charge < -0.3 is 4.74 Å². The number of amides is 2. The highest BCUT2D eigenvalue weighted by molar-refractivity contribution is 5.97. The van der Waals surface area contributed by atoms with Crippen LogP contribution >= 0.6 is 0 Å². The molecule has 1 saturated heterocycles. The molecule has 0 aliphatic carbocycles. The predicted octanol–water partition coefficient (Wildman–Crippen LogP) is 0.829. The summed E-state index contributed by atoms with van der Waals surface area (Å²) in [5, 5.41) is 10.8. The first-order valence-electron chi connectivity index (χ1n) is 6.70. The second-order valence-corrected chi connectivity index (χ2v) is 4.77. The molecule has 2 rings (SSSR count). The second-order valence-electron chi connectivity index (χ2n) is 4.77. The van der Waals surface area contributed by atoms with Crippen LogP contribution in [0.2, 0.25) is 0 Å². The zero-order chi connectivity index (χ0) is 16.1. The zero-order valence-electron chi connectivity index (χ0n) is 11.7. The SMILES string of the molecule is O=C(Cc1ccccc1[N+](=O)[O-])OCC(=O)N1CCCC1=O. The molecule has 0 atom stereocenters. The summed E-state index contributed by atoms with van der Waals surface area (Å²) in [5.41, 5.74) is 0.0303. The Balaban J connectivity index is 1.90. The standard InChI is InChI=1S/C14H14N2O6/c17-12-6-3-7-15(12)13(18)9-22-14(19)8-10-4-1-2-5-11(10)16(20)21/h1-2,4-5H,3,6-9H2. The number of benzene rings is 1. The van der Waals surface area contributed by atoms with Gasteiger partial charge in [-0.3, -0.25) is 29.4 Å². The van der Waals surface area contributed by atoms with Gasteiger partial charge >= 0.3 is 5.97 Å². The molecule has 1 aliphatic rings. The Labute approximate surface area is 125 Å². The number of hydrogen-bond acceptors (Lipinski definition) is 6. The fourth-order valence-corrected chi connectivity index (χ4v) is 2.18. The molecule has 0 bridgehead atoms. The summed E-state index contributed by atoms with van der Waals surface area (Å²) >= 11 is 0. The van der Waals surface area contributed by atoms with Crippen LogP contribution in [-0.4, -0.2) is 40.8 Å². The first-order chi connectivity index (χ1) is 10.5. The third kappa shape index (κ3) is 3.66. The fraction of sp³-hybridized carbons (Fsp3) is 0.357. The molecule has 0 radical (unpaired) electrons. The number of likely N-dealkylation sites (tertiary alicyclic amines) is 1. The maximum atomic E-state index is 11.7. The van der Waals surface area contributed by atoms with E-state index >= 15 is 0 Å². The van der Waals surface area contributed by atoms with Crippen LogP contribution in [0, 0.1) is 10.1 Å². The van der Waals surface area contributed by atoms with Gasteiger partial charge in [-0.2, -0.15) is 0 Å². The summed E-state index contributed by atoms with van der Waals surface area (Å²) < 4.78 is 4.80. The van der Waals surface area contributed by atoms with Gasteiger partial charge in [-0.15, -0.1) is 0 Å². The van der Waals surface area contributed by atoms with E-state index in [0.717, 1.165) is 4.90 Å². The van der Waals surface area contributed by atoms with Gasteiger partial charge in [0.15, 0.2) is 6.61 Å². The van der Waals surface area contributed by atoms with Gasteiger partial charge in [0.25, 0.3) is 11.6 Å². The van der Waals surface area contributed by atoms with Crippen LogP contribution in [-0.2, 0) is 25.5 Å². The number of ether oxygens (including phenoxy) is 1. The van der Waals surface area contributed by atoms with Gasteiger partial charge in [-0.05, 0) is 6.42 Å². The lowest BCUT2D eigenvalue weighted by molar-refractivity contribution is -0.385. The maximum absolute atomic E-state index is 11.7. The number of hydrogen-bond donors (Lipinski definition) is 0. The number of nitro groups is 1. The van der Waals surface area contributed by atoms with Crippen LogP contribution in [0.1, 0.15) is 18.4 Å². The molecular formula is C14H14N2O6. The summed E-state index contributed by atoms with van der Waals surface area (Å²) in [6.45, 7) is -0.204. The minimum absolute atomic E-state index is 0.180. The number of nitro benzene ring substituents is 1. The minimum atomic E-state index is -0.755. The van der Waals surface area contributed by atoms with E-state index in [1.54, 1.807) is 6.07 Å². The van der Waals surface area contributed by atoms with Gasteiger partial charge in [-0.25, -0.2) is 0 Å². The number of rotatable bonds is 5. The van der Waals surface area contributed by atoms with Gasteiger partial charge in [0.05, 0.1) is 11.3 Å². The van der Waals surface area contributed by atoms with E-state index < -0.39 is 23.4 Å². The number of esters is 1. The Morgan fingerprint density at radius 3 is 2.68 bits per heavy atom. The van der Waals surface area contributed by atoms with Crippen molar-refractivity contribution in [3.05, 3.63) is 39.9 Å². The van der Waals surface area contributed by atoms with Crippen LogP contribution in [0.5, 0.6) is 0 Å². The summed E-state index contributed by atoms with van der Waals surface area (Å²) in [7, 11) is 0. The molecule has 1 aliphatic heterocycles. The van der Waals surface area contributed by atoms with Crippen LogP contribution in [0.15, 0.2) is 24.3 Å². The second kappa shape index (κ2) is 6.79. The molecule has 1 aromatic rings. The molecule has 0 saturated carbocycles. The van der Waals surface area contributed by atoms with E-state index in [2.05, 4.69) is 0 Å². The normalized spacial score (nSPS) is 14.0. The zero-order valence-corrected chi connectivity index (χ0v) is 11.7. The fourth-order valence-electron chi connectivity index (χ4n) is 2.18. The van der Waals surface area contributed by atoms with E-state index in [4.69, 9.17) is 4.74 Å². The van der Waals surface area contributed by atoms with Crippen molar-refractivity contribution in [3.63, 3.8) is 0 Å². The molecule has 0 aromatic heterocycles. The number of nitrogens with zero attached hydrogens (tertiary/aromatic N) is 2. The Morgan fingerprint density at radius 2 is 2.05 bits per heavy atom. The molecule has 1 heterocycles. The predicted molar refractivity (Wildman–Crippen MR) is 73.7 cm³/mol. The summed E-state index contributed by atoms with van der Waals surface area (Å²) in [6, 6.07) is 5.81. The van der Waals surface area contributed by atoms with Crippen molar-refractivity contribution in [2.45, 2.75) is 19.3 Å². The Morgan fingerprint density at radius 1 is 1.32 bits per heavy atom. The highest BCUT2D eigenvalue weighted by Crippen LogP contribution is 2.18. The summed E-state index contributed by atoms with van der Waals surface area (Å²) in [6.07, 6.45) is 0.614. The lowest BCUT2D eigenvalue weighted by atomic mass is 10.1. The van der Waals surface area contributed by atoms with Crippen molar-refractivity contribution in [2.75, 3.05) is 13.2 Å². The Hall–Kier alpha value is -2.77. The Kier molecular flexibility index (Phi) is 4.82. The van der Waals surface area contributed by atoms with Gasteiger partial charge in [-0.1, -0.05) is 18.2 Å². The molecular weight excluding hydrogens is 292 g/mol. The number of para-hydroxylation sites is 1. The smallest absolute Gasteiger partial charge is 0.311 e. The molecule has 0 N–H and O–H groups in total. The summed E-state index contributed by atoms with van der Waals surface area (Å²) in [5.74, 6) is -1.60. The minimum Gasteiger partial charge on any atom is -0.455 e. The first-order valence-corrected chi connectivity index (χ1v) is 6.70. The molecule has 0 unspecified atom stereocenters. The van der Waals surface area contributed by atoms with Crippen LogP contribution in [0.3, 0.4) is 0 Å². The number of imide groups is 1. The highest BCUT2D eigenvalue weighted by Gasteiger charge is 2.27. The molecule has 1 fully saturated rings.